The van der Waals surface area contributed by atoms with Crippen molar-refractivity contribution in [3.05, 3.63) is 57.6 Å². The lowest BCUT2D eigenvalue weighted by Crippen LogP contribution is -2.16. The van der Waals surface area contributed by atoms with Crippen molar-refractivity contribution in [2.45, 2.75) is 0 Å². The van der Waals surface area contributed by atoms with Gasteiger partial charge in [-0.05, 0) is 18.2 Å². The largest absolute Gasteiger partial charge is 0.456 e. The van der Waals surface area contributed by atoms with E-state index in [-0.39, 0.29) is 22.2 Å². The topological polar surface area (TPSA) is 105 Å². The molecule has 1 amide bonds. The van der Waals surface area contributed by atoms with Crippen molar-refractivity contribution in [2.75, 3.05) is 0 Å². The summed E-state index contributed by atoms with van der Waals surface area (Å²) in [6, 6.07) is 9.98. The molecule has 0 atom stereocenters. The molecule has 0 unspecified atom stereocenters. The van der Waals surface area contributed by atoms with Crippen molar-refractivity contribution in [1.29, 1.82) is 0 Å². The van der Waals surface area contributed by atoms with Gasteiger partial charge in [-0.1, -0.05) is 17.7 Å². The van der Waals surface area contributed by atoms with Crippen molar-refractivity contribution in [3.63, 3.8) is 0 Å². The van der Waals surface area contributed by atoms with Crippen LogP contribution in [0.25, 0.3) is 0 Å². The highest BCUT2D eigenvalue weighted by Gasteiger charge is 2.11. The van der Waals surface area contributed by atoms with Crippen LogP contribution in [0.4, 0.5) is 10.5 Å². The highest BCUT2D eigenvalue weighted by Crippen LogP contribution is 2.33. The van der Waals surface area contributed by atoms with Crippen LogP contribution in [-0.4, -0.2) is 11.0 Å². The van der Waals surface area contributed by atoms with Crippen molar-refractivity contribution in [2.24, 2.45) is 5.73 Å². The Morgan fingerprint density at radius 3 is 2.52 bits per heavy atom. The minimum absolute atomic E-state index is 0.0884. The Kier molecular flexibility index (Phi) is 4.24. The molecule has 0 saturated carbocycles. The van der Waals surface area contributed by atoms with E-state index in [0.717, 1.165) is 0 Å². The van der Waals surface area contributed by atoms with Gasteiger partial charge in [0.15, 0.2) is 0 Å². The van der Waals surface area contributed by atoms with Crippen LogP contribution in [0.2, 0.25) is 5.02 Å². The molecule has 0 spiro atoms. The first-order chi connectivity index (χ1) is 9.95. The predicted molar refractivity (Wildman–Crippen MR) is 74.8 cm³/mol. The van der Waals surface area contributed by atoms with Crippen LogP contribution in [0.1, 0.15) is 0 Å². The molecule has 8 heteroatoms. The first-order valence-corrected chi connectivity index (χ1v) is 6.02. The second-order valence-corrected chi connectivity index (χ2v) is 4.28. The summed E-state index contributed by atoms with van der Waals surface area (Å²) >= 11 is 5.91. The molecule has 0 aliphatic rings. The Hall–Kier alpha value is -2.80. The summed E-state index contributed by atoms with van der Waals surface area (Å²) in [4.78, 5) is 20.7. The van der Waals surface area contributed by atoms with E-state index in [1.165, 1.54) is 30.3 Å². The number of non-ortho nitro benzene ring substituents is 1. The number of hydrogen-bond donors (Lipinski definition) is 1. The SMILES string of the molecule is NC(=O)Oc1cccc(Oc2ccc([N+](=O)[O-])cc2Cl)c1. The molecule has 108 valence electrons. The number of amides is 1. The number of carbonyl (C=O) groups is 1. The van der Waals surface area contributed by atoms with E-state index in [2.05, 4.69) is 0 Å². The van der Waals surface area contributed by atoms with Crippen LogP contribution >= 0.6 is 11.6 Å². The average molecular weight is 309 g/mol. The van der Waals surface area contributed by atoms with E-state index in [9.17, 15) is 14.9 Å². The standard InChI is InChI=1S/C13H9ClN2O5/c14-11-6-8(16(18)19)4-5-12(11)20-9-2-1-3-10(7-9)21-13(15)17/h1-7H,(H2,15,17). The molecule has 0 saturated heterocycles. The molecule has 2 aromatic rings. The van der Waals surface area contributed by atoms with Gasteiger partial charge in [-0.2, -0.15) is 0 Å². The number of carbonyl (C=O) groups excluding carboxylic acids is 1. The Morgan fingerprint density at radius 2 is 1.90 bits per heavy atom. The zero-order valence-corrected chi connectivity index (χ0v) is 11.2. The maximum absolute atomic E-state index is 10.7. The zero-order chi connectivity index (χ0) is 15.4. The quantitative estimate of drug-likeness (QED) is 0.687. The number of hydrogen-bond acceptors (Lipinski definition) is 5. The summed E-state index contributed by atoms with van der Waals surface area (Å²) in [6.07, 6.45) is -0.944. The van der Waals surface area contributed by atoms with Crippen LogP contribution in [0, 0.1) is 10.1 Å². The Labute approximate surface area is 124 Å². The third-order valence-electron chi connectivity index (χ3n) is 2.38. The van der Waals surface area contributed by atoms with E-state index in [1.807, 2.05) is 0 Å². The number of benzene rings is 2. The lowest BCUT2D eigenvalue weighted by atomic mass is 10.3. The maximum atomic E-state index is 10.7. The lowest BCUT2D eigenvalue weighted by Gasteiger charge is -2.08. The van der Waals surface area contributed by atoms with Crippen molar-refractivity contribution < 1.29 is 19.2 Å². The van der Waals surface area contributed by atoms with Crippen molar-refractivity contribution in [3.8, 4) is 17.2 Å². The summed E-state index contributed by atoms with van der Waals surface area (Å²) in [7, 11) is 0. The fourth-order valence-electron chi connectivity index (χ4n) is 1.53. The van der Waals surface area contributed by atoms with Gasteiger partial charge in [0.05, 0.1) is 9.95 Å². The van der Waals surface area contributed by atoms with Gasteiger partial charge in [0.2, 0.25) is 0 Å². The fraction of sp³-hybridized carbons (Fsp3) is 0. The first kappa shape index (κ1) is 14.6. The molecule has 2 rings (SSSR count). The molecule has 0 radical (unpaired) electrons. The second-order valence-electron chi connectivity index (χ2n) is 3.87. The molecule has 0 fully saturated rings. The van der Waals surface area contributed by atoms with Gasteiger partial charge in [-0.15, -0.1) is 0 Å². The lowest BCUT2D eigenvalue weighted by molar-refractivity contribution is -0.384. The third kappa shape index (κ3) is 3.83. The number of nitro groups is 1. The number of halogens is 1. The predicted octanol–water partition coefficient (Wildman–Crippen LogP) is 3.50. The highest BCUT2D eigenvalue weighted by atomic mass is 35.5. The molecule has 0 bridgehead atoms. The average Bonchev–Trinajstić information content (AvgIpc) is 2.40. The molecule has 0 heterocycles. The molecule has 2 N–H and O–H groups in total. The number of nitrogens with zero attached hydrogens (tertiary/aromatic N) is 1. The monoisotopic (exact) mass is 308 g/mol. The van der Waals surface area contributed by atoms with Gasteiger partial charge in [0.25, 0.3) is 5.69 Å². The summed E-state index contributed by atoms with van der Waals surface area (Å²) in [5, 5.41) is 10.7. The Bertz CT molecular complexity index is 705. The van der Waals surface area contributed by atoms with Crippen LogP contribution in [0.5, 0.6) is 17.2 Å². The molecular formula is C13H9ClN2O5. The molecule has 0 aromatic heterocycles. The minimum atomic E-state index is -0.944. The summed E-state index contributed by atoms with van der Waals surface area (Å²) < 4.78 is 10.2. The normalized spacial score (nSPS) is 9.95. The molecule has 0 aliphatic heterocycles. The van der Waals surface area contributed by atoms with E-state index in [4.69, 9.17) is 26.8 Å². The maximum Gasteiger partial charge on any atom is 0.409 e. The fourth-order valence-corrected chi connectivity index (χ4v) is 1.74. The first-order valence-electron chi connectivity index (χ1n) is 5.65. The van der Waals surface area contributed by atoms with Gasteiger partial charge < -0.3 is 15.2 Å². The summed E-state index contributed by atoms with van der Waals surface area (Å²) in [5.41, 5.74) is 4.77. The number of nitrogens with two attached hydrogens (primary N) is 1. The number of ether oxygens (including phenoxy) is 2. The van der Waals surface area contributed by atoms with Gasteiger partial charge >= 0.3 is 6.09 Å². The smallest absolute Gasteiger partial charge is 0.409 e. The molecular weight excluding hydrogens is 300 g/mol. The summed E-state index contributed by atoms with van der Waals surface area (Å²) in [6.45, 7) is 0. The molecule has 21 heavy (non-hydrogen) atoms. The minimum Gasteiger partial charge on any atom is -0.456 e. The van der Waals surface area contributed by atoms with Gasteiger partial charge in [-0.25, -0.2) is 4.79 Å². The van der Waals surface area contributed by atoms with E-state index < -0.39 is 11.0 Å². The highest BCUT2D eigenvalue weighted by molar-refractivity contribution is 6.32. The van der Waals surface area contributed by atoms with Gasteiger partial charge in [-0.3, -0.25) is 10.1 Å². The molecule has 7 nitrogen and oxygen atoms in total. The number of nitro benzene ring substituents is 1. The van der Waals surface area contributed by atoms with Gasteiger partial charge in [0, 0.05) is 18.2 Å². The number of rotatable bonds is 4. The Morgan fingerprint density at radius 1 is 1.19 bits per heavy atom. The Balaban J connectivity index is 2.22. The van der Waals surface area contributed by atoms with Gasteiger partial charge in [0.1, 0.15) is 17.2 Å². The number of primary amides is 1. The van der Waals surface area contributed by atoms with Crippen LogP contribution < -0.4 is 15.2 Å². The van der Waals surface area contributed by atoms with E-state index in [0.29, 0.717) is 5.75 Å². The molecule has 2 aromatic carbocycles. The van der Waals surface area contributed by atoms with Crippen LogP contribution in [-0.2, 0) is 0 Å². The second kappa shape index (κ2) is 6.10. The third-order valence-corrected chi connectivity index (χ3v) is 2.67. The van der Waals surface area contributed by atoms with E-state index in [1.54, 1.807) is 12.1 Å². The zero-order valence-electron chi connectivity index (χ0n) is 10.5. The van der Waals surface area contributed by atoms with Crippen LogP contribution in [0.3, 0.4) is 0 Å². The van der Waals surface area contributed by atoms with Crippen LogP contribution in [0.15, 0.2) is 42.5 Å². The molecule has 0 aliphatic carbocycles. The van der Waals surface area contributed by atoms with Crippen molar-refractivity contribution in [1.82, 2.24) is 0 Å². The van der Waals surface area contributed by atoms with Crippen molar-refractivity contribution >= 4 is 23.4 Å². The van der Waals surface area contributed by atoms with E-state index >= 15 is 0 Å². The summed E-state index contributed by atoms with van der Waals surface area (Å²) in [5.74, 6) is 0.779.